The van der Waals surface area contributed by atoms with Crippen molar-refractivity contribution in [3.05, 3.63) is 66.7 Å². The average Bonchev–Trinajstić information content (AvgIpc) is 2.65. The van der Waals surface area contributed by atoms with Crippen LogP contribution in [0.3, 0.4) is 0 Å². The molecule has 3 aromatic carbocycles. The van der Waals surface area contributed by atoms with Gasteiger partial charge in [0.1, 0.15) is 30.8 Å². The molecule has 3 rings (SSSR count). The van der Waals surface area contributed by atoms with E-state index in [1.807, 2.05) is 42.5 Å². The van der Waals surface area contributed by atoms with Gasteiger partial charge in [-0.05, 0) is 35.7 Å². The van der Waals surface area contributed by atoms with E-state index in [4.69, 9.17) is 9.47 Å². The molecular formula is C21H21NO4. The minimum atomic E-state index is -0.760. The normalized spacial score (nSPS) is 11.8. The van der Waals surface area contributed by atoms with E-state index in [2.05, 4.69) is 5.32 Å². The van der Waals surface area contributed by atoms with Gasteiger partial charge in [0.05, 0.1) is 0 Å². The Bertz CT molecular complexity index is 871. The summed E-state index contributed by atoms with van der Waals surface area (Å²) in [4.78, 5) is 11.0. The highest BCUT2D eigenvalue weighted by Gasteiger charge is 2.08. The number of carbonyl (C=O) groups is 1. The van der Waals surface area contributed by atoms with Gasteiger partial charge in [-0.1, -0.05) is 36.4 Å². The summed E-state index contributed by atoms with van der Waals surface area (Å²) in [6, 6.07) is 20.8. The molecule has 1 atom stereocenters. The van der Waals surface area contributed by atoms with E-state index in [-0.39, 0.29) is 19.1 Å². The topological polar surface area (TPSA) is 67.8 Å². The van der Waals surface area contributed by atoms with Crippen molar-refractivity contribution >= 4 is 22.4 Å². The van der Waals surface area contributed by atoms with Crippen LogP contribution in [0.2, 0.25) is 0 Å². The van der Waals surface area contributed by atoms with Crippen LogP contribution in [0.4, 0.5) is 5.69 Å². The lowest BCUT2D eigenvalue weighted by molar-refractivity contribution is -0.114. The van der Waals surface area contributed by atoms with Crippen molar-refractivity contribution in [3.8, 4) is 11.5 Å². The molecule has 5 heteroatoms. The fourth-order valence-corrected chi connectivity index (χ4v) is 2.59. The van der Waals surface area contributed by atoms with Crippen molar-refractivity contribution < 1.29 is 19.4 Å². The second kappa shape index (κ2) is 8.36. The number of nitrogens with one attached hydrogen (secondary N) is 1. The maximum atomic E-state index is 11.0. The lowest BCUT2D eigenvalue weighted by Crippen LogP contribution is -2.25. The molecule has 0 saturated carbocycles. The number of aliphatic hydroxyl groups excluding tert-OH is 1. The van der Waals surface area contributed by atoms with Crippen LogP contribution in [0.25, 0.3) is 10.8 Å². The Kier molecular flexibility index (Phi) is 5.71. The molecule has 0 heterocycles. The molecule has 0 aliphatic heterocycles. The summed E-state index contributed by atoms with van der Waals surface area (Å²) in [6.45, 7) is 1.71. The molecular weight excluding hydrogens is 330 g/mol. The molecule has 0 aliphatic rings. The van der Waals surface area contributed by atoms with Crippen LogP contribution < -0.4 is 14.8 Å². The van der Waals surface area contributed by atoms with Gasteiger partial charge in [0, 0.05) is 18.0 Å². The quantitative estimate of drug-likeness (QED) is 0.682. The zero-order chi connectivity index (χ0) is 18.4. The van der Waals surface area contributed by atoms with E-state index in [9.17, 15) is 9.90 Å². The predicted molar refractivity (Wildman–Crippen MR) is 102 cm³/mol. The number of ether oxygens (including phenoxy) is 2. The minimum absolute atomic E-state index is 0.115. The first-order valence-corrected chi connectivity index (χ1v) is 8.41. The fraction of sp³-hybridized carbons (Fsp3) is 0.190. The number of hydrogen-bond acceptors (Lipinski definition) is 4. The maximum absolute atomic E-state index is 11.0. The van der Waals surface area contributed by atoms with Crippen LogP contribution in [-0.4, -0.2) is 30.3 Å². The molecule has 0 unspecified atom stereocenters. The molecule has 26 heavy (non-hydrogen) atoms. The third kappa shape index (κ3) is 4.74. The molecule has 2 N–H and O–H groups in total. The molecule has 134 valence electrons. The molecule has 1 amide bonds. The molecule has 5 nitrogen and oxygen atoms in total. The fourth-order valence-electron chi connectivity index (χ4n) is 2.59. The number of fused-ring (bicyclic) bond motifs is 1. The molecule has 0 bridgehead atoms. The Balaban J connectivity index is 1.51. The lowest BCUT2D eigenvalue weighted by Gasteiger charge is -2.15. The summed E-state index contributed by atoms with van der Waals surface area (Å²) < 4.78 is 11.3. The Labute approximate surface area is 152 Å². The van der Waals surface area contributed by atoms with Crippen molar-refractivity contribution in [2.24, 2.45) is 0 Å². The Morgan fingerprint density at radius 1 is 0.962 bits per heavy atom. The molecule has 0 spiro atoms. The first-order chi connectivity index (χ1) is 12.6. The van der Waals surface area contributed by atoms with Crippen LogP contribution in [0.5, 0.6) is 11.5 Å². The summed E-state index contributed by atoms with van der Waals surface area (Å²) in [5.74, 6) is 1.23. The van der Waals surface area contributed by atoms with Crippen LogP contribution >= 0.6 is 0 Å². The zero-order valence-electron chi connectivity index (χ0n) is 14.5. The van der Waals surface area contributed by atoms with Crippen molar-refractivity contribution in [3.63, 3.8) is 0 Å². The van der Waals surface area contributed by atoms with Gasteiger partial charge in [0.25, 0.3) is 0 Å². The molecule has 0 fully saturated rings. The zero-order valence-corrected chi connectivity index (χ0v) is 14.5. The van der Waals surface area contributed by atoms with Gasteiger partial charge in [-0.25, -0.2) is 0 Å². The summed E-state index contributed by atoms with van der Waals surface area (Å²) in [7, 11) is 0. The number of aliphatic hydroxyl groups is 1. The Hall–Kier alpha value is -3.05. The van der Waals surface area contributed by atoms with E-state index in [1.54, 1.807) is 24.3 Å². The number of benzene rings is 3. The Morgan fingerprint density at radius 2 is 1.65 bits per heavy atom. The summed E-state index contributed by atoms with van der Waals surface area (Å²) in [5.41, 5.74) is 0.699. The average molecular weight is 351 g/mol. The minimum Gasteiger partial charge on any atom is -0.491 e. The molecule has 0 radical (unpaired) electrons. The van der Waals surface area contributed by atoms with Crippen molar-refractivity contribution in [2.45, 2.75) is 13.0 Å². The highest BCUT2D eigenvalue weighted by molar-refractivity contribution is 5.89. The monoisotopic (exact) mass is 351 g/mol. The third-order valence-corrected chi connectivity index (χ3v) is 3.80. The van der Waals surface area contributed by atoms with Crippen molar-refractivity contribution in [1.82, 2.24) is 0 Å². The number of hydrogen-bond donors (Lipinski definition) is 2. The van der Waals surface area contributed by atoms with E-state index >= 15 is 0 Å². The van der Waals surface area contributed by atoms with Gasteiger partial charge in [-0.3, -0.25) is 4.79 Å². The van der Waals surface area contributed by atoms with Gasteiger partial charge in [0.2, 0.25) is 5.91 Å². The lowest BCUT2D eigenvalue weighted by atomic mass is 10.1. The third-order valence-electron chi connectivity index (χ3n) is 3.80. The second-order valence-electron chi connectivity index (χ2n) is 5.96. The first kappa shape index (κ1) is 17.8. The van der Waals surface area contributed by atoms with Gasteiger partial charge in [0.15, 0.2) is 0 Å². The van der Waals surface area contributed by atoms with Crippen LogP contribution in [-0.2, 0) is 4.79 Å². The molecule has 3 aromatic rings. The number of anilines is 1. The molecule has 0 aliphatic carbocycles. The predicted octanol–water partition coefficient (Wildman–Crippen LogP) is 3.62. The number of carbonyl (C=O) groups excluding carboxylic acids is 1. The van der Waals surface area contributed by atoms with Gasteiger partial charge < -0.3 is 19.9 Å². The Morgan fingerprint density at radius 3 is 2.42 bits per heavy atom. The number of amides is 1. The smallest absolute Gasteiger partial charge is 0.221 e. The summed E-state index contributed by atoms with van der Waals surface area (Å²) in [5, 5.41) is 14.9. The SMILES string of the molecule is CC(=O)Nc1ccc(OC[C@H](O)COc2cccc3ccccc23)cc1. The summed E-state index contributed by atoms with van der Waals surface area (Å²) in [6.07, 6.45) is -0.760. The van der Waals surface area contributed by atoms with Crippen LogP contribution in [0.15, 0.2) is 66.7 Å². The van der Waals surface area contributed by atoms with E-state index < -0.39 is 6.10 Å². The van der Waals surface area contributed by atoms with Crippen LogP contribution in [0, 0.1) is 0 Å². The van der Waals surface area contributed by atoms with E-state index in [0.717, 1.165) is 16.5 Å². The van der Waals surface area contributed by atoms with Gasteiger partial charge in [-0.2, -0.15) is 0 Å². The highest BCUT2D eigenvalue weighted by Crippen LogP contribution is 2.25. The first-order valence-electron chi connectivity index (χ1n) is 8.41. The van der Waals surface area contributed by atoms with Gasteiger partial charge >= 0.3 is 0 Å². The molecule has 0 aromatic heterocycles. The number of rotatable bonds is 7. The molecule has 0 saturated heterocycles. The largest absolute Gasteiger partial charge is 0.491 e. The second-order valence-corrected chi connectivity index (χ2v) is 5.96. The van der Waals surface area contributed by atoms with E-state index in [0.29, 0.717) is 11.4 Å². The summed E-state index contributed by atoms with van der Waals surface area (Å²) >= 11 is 0. The van der Waals surface area contributed by atoms with Crippen molar-refractivity contribution in [1.29, 1.82) is 0 Å². The van der Waals surface area contributed by atoms with Gasteiger partial charge in [-0.15, -0.1) is 0 Å². The maximum Gasteiger partial charge on any atom is 0.221 e. The standard InChI is InChI=1S/C21H21NO4/c1-15(23)22-17-9-11-19(12-10-17)25-13-18(24)14-26-21-8-4-6-16-5-2-3-7-20(16)21/h2-12,18,24H,13-14H2,1H3,(H,22,23)/t18-/m0/s1. The van der Waals surface area contributed by atoms with Crippen LogP contribution in [0.1, 0.15) is 6.92 Å². The van der Waals surface area contributed by atoms with E-state index in [1.165, 1.54) is 6.92 Å². The van der Waals surface area contributed by atoms with Crippen molar-refractivity contribution in [2.75, 3.05) is 18.5 Å². The highest BCUT2D eigenvalue weighted by atomic mass is 16.5.